The van der Waals surface area contributed by atoms with Crippen molar-refractivity contribution in [1.82, 2.24) is 10.2 Å². The van der Waals surface area contributed by atoms with Crippen molar-refractivity contribution in [3.63, 3.8) is 0 Å². The Bertz CT molecular complexity index is 485. The van der Waals surface area contributed by atoms with Gasteiger partial charge in [0.25, 0.3) is 5.91 Å². The number of nitrogens with zero attached hydrogens (tertiary/aromatic N) is 1. The fourth-order valence-corrected chi connectivity index (χ4v) is 1.78. The minimum Gasteiger partial charge on any atom is -0.306 e. The average Bonchev–Trinajstić information content (AvgIpc) is 2.42. The van der Waals surface area contributed by atoms with Crippen LogP contribution in [0.5, 0.6) is 0 Å². The highest BCUT2D eigenvalue weighted by molar-refractivity contribution is 6.06. The predicted molar refractivity (Wildman–Crippen MR) is 59.6 cm³/mol. The van der Waals surface area contributed by atoms with Gasteiger partial charge in [-0.25, -0.2) is 9.18 Å². The Kier molecular flexibility index (Phi) is 2.61. The van der Waals surface area contributed by atoms with E-state index in [4.69, 9.17) is 0 Å². The number of carbonyl (C=O) groups excluding carboxylic acids is 2. The van der Waals surface area contributed by atoms with Crippen LogP contribution in [0.2, 0.25) is 0 Å². The van der Waals surface area contributed by atoms with E-state index in [9.17, 15) is 14.0 Å². The molecular formula is C12H13FN2O2. The van der Waals surface area contributed by atoms with Gasteiger partial charge in [-0.2, -0.15) is 0 Å². The van der Waals surface area contributed by atoms with Crippen molar-refractivity contribution in [3.8, 4) is 0 Å². The molecule has 1 aliphatic heterocycles. The lowest BCUT2D eigenvalue weighted by molar-refractivity contribution is -0.125. The molecule has 0 aromatic heterocycles. The third-order valence-electron chi connectivity index (χ3n) is 2.93. The summed E-state index contributed by atoms with van der Waals surface area (Å²) < 4.78 is 13.0. The smallest absolute Gasteiger partial charge is 0.306 e. The van der Waals surface area contributed by atoms with Crippen LogP contribution >= 0.6 is 0 Å². The summed E-state index contributed by atoms with van der Waals surface area (Å²) in [5, 5.41) is 2.25. The maximum Gasteiger partial charge on any atom is 0.325 e. The molecule has 1 fully saturated rings. The highest BCUT2D eigenvalue weighted by Crippen LogP contribution is 2.23. The third kappa shape index (κ3) is 2.00. The van der Waals surface area contributed by atoms with Crippen LogP contribution in [0.4, 0.5) is 9.18 Å². The summed E-state index contributed by atoms with van der Waals surface area (Å²) in [5.74, 6) is -0.690. The van der Waals surface area contributed by atoms with E-state index in [1.807, 2.05) is 0 Å². The zero-order chi connectivity index (χ0) is 12.6. The van der Waals surface area contributed by atoms with E-state index in [0.29, 0.717) is 5.56 Å². The quantitative estimate of drug-likeness (QED) is 0.794. The van der Waals surface area contributed by atoms with Crippen molar-refractivity contribution in [2.24, 2.45) is 0 Å². The van der Waals surface area contributed by atoms with Crippen molar-refractivity contribution in [2.45, 2.75) is 25.9 Å². The Labute approximate surface area is 98.4 Å². The molecule has 0 bridgehead atoms. The fourth-order valence-electron chi connectivity index (χ4n) is 1.78. The molecule has 0 spiro atoms. The van der Waals surface area contributed by atoms with Crippen LogP contribution in [0.1, 0.15) is 19.4 Å². The number of halogens is 1. The molecule has 0 saturated carbocycles. The van der Waals surface area contributed by atoms with Gasteiger partial charge in [-0.15, -0.1) is 0 Å². The van der Waals surface area contributed by atoms with E-state index in [1.54, 1.807) is 26.0 Å². The minimum atomic E-state index is -0.899. The number of urea groups is 1. The second-order valence-electron chi connectivity index (χ2n) is 4.53. The second-order valence-corrected chi connectivity index (χ2v) is 4.53. The van der Waals surface area contributed by atoms with Crippen LogP contribution in [-0.2, 0) is 11.3 Å². The molecule has 0 radical (unpaired) electrons. The molecule has 2 rings (SSSR count). The molecule has 0 atom stereocenters. The Hall–Kier alpha value is -1.91. The van der Waals surface area contributed by atoms with Gasteiger partial charge in [0.2, 0.25) is 0 Å². The third-order valence-corrected chi connectivity index (χ3v) is 2.93. The Morgan fingerprint density at radius 1 is 1.35 bits per heavy atom. The molecule has 90 valence electrons. The molecule has 1 saturated heterocycles. The van der Waals surface area contributed by atoms with Crippen LogP contribution in [0.3, 0.4) is 0 Å². The minimum absolute atomic E-state index is 0.211. The number of nitrogens with one attached hydrogen (secondary N) is 1. The maximum atomic E-state index is 13.0. The Morgan fingerprint density at radius 2 is 2.06 bits per heavy atom. The van der Waals surface area contributed by atoms with Gasteiger partial charge in [0.1, 0.15) is 11.4 Å². The molecule has 0 aliphatic carbocycles. The summed E-state index contributed by atoms with van der Waals surface area (Å²) in [7, 11) is 0. The molecular weight excluding hydrogens is 223 g/mol. The van der Waals surface area contributed by atoms with Gasteiger partial charge >= 0.3 is 6.03 Å². The first kappa shape index (κ1) is 11.6. The van der Waals surface area contributed by atoms with Gasteiger partial charge in [0, 0.05) is 6.54 Å². The highest BCUT2D eigenvalue weighted by atomic mass is 19.1. The molecule has 1 heterocycles. The van der Waals surface area contributed by atoms with Crippen molar-refractivity contribution in [2.75, 3.05) is 0 Å². The van der Waals surface area contributed by atoms with E-state index in [-0.39, 0.29) is 18.3 Å². The molecule has 17 heavy (non-hydrogen) atoms. The molecule has 1 aromatic carbocycles. The zero-order valence-electron chi connectivity index (χ0n) is 9.66. The lowest BCUT2D eigenvalue weighted by Gasteiger charge is -2.27. The van der Waals surface area contributed by atoms with Gasteiger partial charge < -0.3 is 4.90 Å². The molecule has 1 aromatic rings. The van der Waals surface area contributed by atoms with Crippen molar-refractivity contribution >= 4 is 11.9 Å². The normalized spacial score (nSPS) is 18.4. The number of imide groups is 1. The van der Waals surface area contributed by atoms with E-state index in [1.165, 1.54) is 17.0 Å². The molecule has 0 unspecified atom stereocenters. The topological polar surface area (TPSA) is 49.4 Å². The van der Waals surface area contributed by atoms with E-state index < -0.39 is 11.6 Å². The summed E-state index contributed by atoms with van der Waals surface area (Å²) in [4.78, 5) is 24.5. The van der Waals surface area contributed by atoms with Crippen LogP contribution < -0.4 is 5.32 Å². The van der Waals surface area contributed by atoms with Crippen molar-refractivity contribution < 1.29 is 14.0 Å². The molecule has 1 N–H and O–H groups in total. The number of hydrogen-bond acceptors (Lipinski definition) is 2. The second kappa shape index (κ2) is 3.84. The SMILES string of the molecule is CC1(C)C(=O)NC(=O)N1Cc1cccc(F)c1. The van der Waals surface area contributed by atoms with Crippen LogP contribution in [0.15, 0.2) is 24.3 Å². The van der Waals surface area contributed by atoms with Crippen LogP contribution in [0.25, 0.3) is 0 Å². The predicted octanol–water partition coefficient (Wildman–Crippen LogP) is 1.66. The van der Waals surface area contributed by atoms with Crippen LogP contribution in [-0.4, -0.2) is 22.4 Å². The molecule has 4 nitrogen and oxygen atoms in total. The lowest BCUT2D eigenvalue weighted by atomic mass is 10.0. The van der Waals surface area contributed by atoms with Gasteiger partial charge in [0.15, 0.2) is 0 Å². The van der Waals surface area contributed by atoms with Crippen molar-refractivity contribution in [1.29, 1.82) is 0 Å². The van der Waals surface area contributed by atoms with E-state index in [2.05, 4.69) is 5.32 Å². The van der Waals surface area contributed by atoms with Crippen molar-refractivity contribution in [3.05, 3.63) is 35.6 Å². The monoisotopic (exact) mass is 236 g/mol. The van der Waals surface area contributed by atoms with E-state index in [0.717, 1.165) is 0 Å². The summed E-state index contributed by atoms with van der Waals surface area (Å²) in [6, 6.07) is 5.54. The molecule has 5 heteroatoms. The average molecular weight is 236 g/mol. The molecule has 3 amide bonds. The first-order valence-corrected chi connectivity index (χ1v) is 5.29. The van der Waals surface area contributed by atoms with E-state index >= 15 is 0 Å². The molecule has 1 aliphatic rings. The number of amides is 3. The van der Waals surface area contributed by atoms with Gasteiger partial charge in [-0.3, -0.25) is 10.1 Å². The summed E-state index contributed by atoms with van der Waals surface area (Å²) in [6.45, 7) is 3.53. The highest BCUT2D eigenvalue weighted by Gasteiger charge is 2.45. The largest absolute Gasteiger partial charge is 0.325 e. The Morgan fingerprint density at radius 3 is 2.59 bits per heavy atom. The number of rotatable bonds is 2. The number of benzene rings is 1. The van der Waals surface area contributed by atoms with Gasteiger partial charge in [0.05, 0.1) is 0 Å². The number of carbonyl (C=O) groups is 2. The summed E-state index contributed by atoms with van der Waals surface area (Å²) in [6.07, 6.45) is 0. The summed E-state index contributed by atoms with van der Waals surface area (Å²) >= 11 is 0. The number of hydrogen-bond donors (Lipinski definition) is 1. The van der Waals surface area contributed by atoms with Gasteiger partial charge in [-0.05, 0) is 31.5 Å². The fraction of sp³-hybridized carbons (Fsp3) is 0.333. The van der Waals surface area contributed by atoms with Crippen LogP contribution in [0, 0.1) is 5.82 Å². The Balaban J connectivity index is 2.24. The first-order valence-electron chi connectivity index (χ1n) is 5.29. The lowest BCUT2D eigenvalue weighted by Crippen LogP contribution is -2.43. The summed E-state index contributed by atoms with van der Waals surface area (Å²) in [5.41, 5.74) is -0.244. The first-order chi connectivity index (χ1) is 7.91. The standard InChI is InChI=1S/C12H13FN2O2/c1-12(2)10(16)14-11(17)15(12)7-8-4-3-5-9(13)6-8/h3-6H,7H2,1-2H3,(H,14,16,17). The van der Waals surface area contributed by atoms with Gasteiger partial charge in [-0.1, -0.05) is 12.1 Å². The zero-order valence-corrected chi connectivity index (χ0v) is 9.66. The maximum absolute atomic E-state index is 13.0.